The molecule has 1 amide bonds. The Morgan fingerprint density at radius 3 is 2.71 bits per heavy atom. The van der Waals surface area contributed by atoms with Crippen molar-refractivity contribution < 1.29 is 19.4 Å². The van der Waals surface area contributed by atoms with Gasteiger partial charge in [0.15, 0.2) is 5.69 Å². The number of nitrogens with zero attached hydrogens (tertiary/aromatic N) is 3. The van der Waals surface area contributed by atoms with E-state index in [4.69, 9.17) is 33.0 Å². The predicted octanol–water partition coefficient (Wildman–Crippen LogP) is 2.14. The summed E-state index contributed by atoms with van der Waals surface area (Å²) in [4.78, 5) is 36.3. The maximum atomic E-state index is 12.5. The van der Waals surface area contributed by atoms with Crippen LogP contribution in [0.4, 0.5) is 5.82 Å². The molecule has 0 saturated carbocycles. The normalized spacial score (nSPS) is 19.5. The summed E-state index contributed by atoms with van der Waals surface area (Å²) >= 11 is 11.8. The first-order valence-electron chi connectivity index (χ1n) is 8.50. The van der Waals surface area contributed by atoms with Gasteiger partial charge >= 0.3 is 5.97 Å². The van der Waals surface area contributed by atoms with Gasteiger partial charge in [-0.05, 0) is 31.0 Å². The van der Waals surface area contributed by atoms with Crippen molar-refractivity contribution in [3.05, 3.63) is 39.5 Å². The number of aryl methyl sites for hydroxylation is 1. The standard InChI is InChI=1S/C17H19Cl2N5O4/c1-8-9(18)5-11(20-8)15(25)21-10-3-4-24(7-13(10)28-2)14-6-12(16(26)27)22-17(19)23-14/h5-6,10,13,20H,3-4,7H2,1-2H3,(H,21,25)(H,26,27). The molecule has 0 aliphatic carbocycles. The number of anilines is 1. The molecule has 0 aromatic carbocycles. The van der Waals surface area contributed by atoms with Crippen LogP contribution in [-0.2, 0) is 4.74 Å². The van der Waals surface area contributed by atoms with Crippen molar-refractivity contribution in [2.24, 2.45) is 0 Å². The molecule has 11 heteroatoms. The van der Waals surface area contributed by atoms with Crippen LogP contribution >= 0.6 is 23.2 Å². The molecule has 0 bridgehead atoms. The Morgan fingerprint density at radius 1 is 1.36 bits per heavy atom. The fourth-order valence-corrected chi connectivity index (χ4v) is 3.44. The second-order valence-corrected chi connectivity index (χ2v) is 7.18. The van der Waals surface area contributed by atoms with E-state index >= 15 is 0 Å². The molecule has 28 heavy (non-hydrogen) atoms. The second-order valence-electron chi connectivity index (χ2n) is 6.43. The Morgan fingerprint density at radius 2 is 2.11 bits per heavy atom. The monoisotopic (exact) mass is 427 g/mol. The third-order valence-corrected chi connectivity index (χ3v) is 5.16. The van der Waals surface area contributed by atoms with Crippen molar-refractivity contribution in [1.82, 2.24) is 20.3 Å². The van der Waals surface area contributed by atoms with E-state index in [9.17, 15) is 9.59 Å². The Kier molecular flexibility index (Phi) is 6.07. The van der Waals surface area contributed by atoms with Crippen LogP contribution in [0.15, 0.2) is 12.1 Å². The van der Waals surface area contributed by atoms with Gasteiger partial charge in [-0.2, -0.15) is 0 Å². The molecular formula is C17H19Cl2N5O4. The lowest BCUT2D eigenvalue weighted by molar-refractivity contribution is 0.0538. The van der Waals surface area contributed by atoms with Crippen LogP contribution in [0.1, 0.15) is 33.1 Å². The lowest BCUT2D eigenvalue weighted by Gasteiger charge is -2.38. The molecule has 0 spiro atoms. The zero-order chi connectivity index (χ0) is 20.4. The van der Waals surface area contributed by atoms with Crippen LogP contribution in [0.25, 0.3) is 0 Å². The Balaban J connectivity index is 1.71. The fourth-order valence-electron chi connectivity index (χ4n) is 3.11. The highest BCUT2D eigenvalue weighted by molar-refractivity contribution is 6.31. The number of carbonyl (C=O) groups is 2. The first-order chi connectivity index (χ1) is 13.3. The van der Waals surface area contributed by atoms with E-state index in [-0.39, 0.29) is 29.0 Å². The van der Waals surface area contributed by atoms with E-state index in [1.54, 1.807) is 20.1 Å². The lowest BCUT2D eigenvalue weighted by atomic mass is 10.0. The Labute approximate surface area is 171 Å². The molecule has 9 nitrogen and oxygen atoms in total. The van der Waals surface area contributed by atoms with E-state index in [1.165, 1.54) is 6.07 Å². The highest BCUT2D eigenvalue weighted by Gasteiger charge is 2.32. The number of halogens is 2. The number of rotatable bonds is 5. The van der Waals surface area contributed by atoms with Gasteiger partial charge in [0, 0.05) is 32.0 Å². The number of carboxylic acid groups (broad SMARTS) is 1. The van der Waals surface area contributed by atoms with Gasteiger partial charge in [0.25, 0.3) is 5.91 Å². The highest BCUT2D eigenvalue weighted by atomic mass is 35.5. The van der Waals surface area contributed by atoms with Crippen LogP contribution in [0.3, 0.4) is 0 Å². The van der Waals surface area contributed by atoms with Crippen molar-refractivity contribution in [1.29, 1.82) is 0 Å². The van der Waals surface area contributed by atoms with Gasteiger partial charge in [0.05, 0.1) is 17.2 Å². The summed E-state index contributed by atoms with van der Waals surface area (Å²) in [6.07, 6.45) is 0.244. The number of amides is 1. The van der Waals surface area contributed by atoms with E-state index in [1.807, 2.05) is 4.90 Å². The molecule has 3 heterocycles. The second kappa shape index (κ2) is 8.34. The van der Waals surface area contributed by atoms with E-state index in [0.29, 0.717) is 36.0 Å². The molecule has 1 aliphatic heterocycles. The van der Waals surface area contributed by atoms with Crippen molar-refractivity contribution in [3.8, 4) is 0 Å². The van der Waals surface area contributed by atoms with Gasteiger partial charge in [-0.3, -0.25) is 4.79 Å². The summed E-state index contributed by atoms with van der Waals surface area (Å²) in [5, 5.41) is 12.5. The number of hydrogen-bond donors (Lipinski definition) is 3. The molecule has 150 valence electrons. The molecule has 1 fully saturated rings. The minimum absolute atomic E-state index is 0.140. The van der Waals surface area contributed by atoms with Gasteiger partial charge in [-0.1, -0.05) is 11.6 Å². The number of carboxylic acids is 1. The molecule has 2 atom stereocenters. The number of ether oxygens (including phenoxy) is 1. The van der Waals surface area contributed by atoms with E-state index < -0.39 is 5.97 Å². The maximum Gasteiger partial charge on any atom is 0.354 e. The van der Waals surface area contributed by atoms with Gasteiger partial charge < -0.3 is 25.0 Å². The molecular weight excluding hydrogens is 409 g/mol. The lowest BCUT2D eigenvalue weighted by Crippen LogP contribution is -2.55. The third kappa shape index (κ3) is 4.37. The summed E-state index contributed by atoms with van der Waals surface area (Å²) in [5.74, 6) is -1.05. The maximum absolute atomic E-state index is 12.5. The number of hydrogen-bond acceptors (Lipinski definition) is 6. The number of aromatic nitrogens is 3. The van der Waals surface area contributed by atoms with Gasteiger partial charge in [0.1, 0.15) is 11.5 Å². The highest BCUT2D eigenvalue weighted by Crippen LogP contribution is 2.23. The van der Waals surface area contributed by atoms with E-state index in [2.05, 4.69) is 20.3 Å². The van der Waals surface area contributed by atoms with Gasteiger partial charge in [-0.15, -0.1) is 0 Å². The molecule has 2 aromatic heterocycles. The number of nitrogens with one attached hydrogen (secondary N) is 2. The van der Waals surface area contributed by atoms with Crippen molar-refractivity contribution in [2.45, 2.75) is 25.5 Å². The molecule has 1 aliphatic rings. The third-order valence-electron chi connectivity index (χ3n) is 4.60. The number of carbonyl (C=O) groups excluding carboxylic acids is 1. The van der Waals surface area contributed by atoms with Gasteiger partial charge in [-0.25, -0.2) is 14.8 Å². The van der Waals surface area contributed by atoms with Crippen molar-refractivity contribution in [2.75, 3.05) is 25.1 Å². The quantitative estimate of drug-likeness (QED) is 0.624. The topological polar surface area (TPSA) is 120 Å². The molecule has 2 unspecified atom stereocenters. The number of aromatic amines is 1. The minimum Gasteiger partial charge on any atom is -0.477 e. The largest absolute Gasteiger partial charge is 0.477 e. The smallest absolute Gasteiger partial charge is 0.354 e. The molecule has 3 N–H and O–H groups in total. The molecule has 1 saturated heterocycles. The van der Waals surface area contributed by atoms with Crippen LogP contribution in [-0.4, -0.2) is 64.3 Å². The molecule has 0 radical (unpaired) electrons. The zero-order valence-electron chi connectivity index (χ0n) is 15.2. The summed E-state index contributed by atoms with van der Waals surface area (Å²) in [5.41, 5.74) is 0.923. The summed E-state index contributed by atoms with van der Waals surface area (Å²) in [6.45, 7) is 2.72. The zero-order valence-corrected chi connectivity index (χ0v) is 16.7. The predicted molar refractivity (Wildman–Crippen MR) is 103 cm³/mol. The average Bonchev–Trinajstić information content (AvgIpc) is 3.00. The first-order valence-corrected chi connectivity index (χ1v) is 9.25. The molecule has 2 aromatic rings. The van der Waals surface area contributed by atoms with Crippen molar-refractivity contribution >= 4 is 40.9 Å². The Bertz CT molecular complexity index is 884. The van der Waals surface area contributed by atoms with Crippen LogP contribution in [0.5, 0.6) is 0 Å². The summed E-state index contributed by atoms with van der Waals surface area (Å²) < 4.78 is 5.54. The van der Waals surface area contributed by atoms with E-state index in [0.717, 1.165) is 5.69 Å². The average molecular weight is 428 g/mol. The Hall–Kier alpha value is -2.36. The van der Waals surface area contributed by atoms with Crippen LogP contribution in [0.2, 0.25) is 10.3 Å². The summed E-state index contributed by atoms with van der Waals surface area (Å²) in [7, 11) is 1.55. The number of methoxy groups -OCH3 is 1. The number of aromatic carboxylic acids is 1. The van der Waals surface area contributed by atoms with Gasteiger partial charge in [0.2, 0.25) is 5.28 Å². The number of H-pyrrole nitrogens is 1. The first kappa shape index (κ1) is 20.4. The molecule has 3 rings (SSSR count). The number of piperidine rings is 1. The van der Waals surface area contributed by atoms with Crippen LogP contribution in [0, 0.1) is 6.92 Å². The summed E-state index contributed by atoms with van der Waals surface area (Å²) in [6, 6.07) is 2.72. The van der Waals surface area contributed by atoms with Crippen LogP contribution < -0.4 is 10.2 Å². The minimum atomic E-state index is -1.18. The fraction of sp³-hybridized carbons (Fsp3) is 0.412. The SMILES string of the molecule is COC1CN(c2cc(C(=O)O)nc(Cl)n2)CCC1NC(=O)c1cc(Cl)c(C)[nH]1. The van der Waals surface area contributed by atoms with Crippen molar-refractivity contribution in [3.63, 3.8) is 0 Å².